The van der Waals surface area contributed by atoms with Crippen molar-refractivity contribution in [3.63, 3.8) is 0 Å². The predicted octanol–water partition coefficient (Wildman–Crippen LogP) is 3.16. The maximum Gasteiger partial charge on any atom is 0.241 e. The second-order valence-electron chi connectivity index (χ2n) is 4.97. The molecule has 2 unspecified atom stereocenters. The summed E-state index contributed by atoms with van der Waals surface area (Å²) < 4.78 is 40.4. The van der Waals surface area contributed by atoms with Gasteiger partial charge in [-0.2, -0.15) is 0 Å². The van der Waals surface area contributed by atoms with Crippen molar-refractivity contribution in [3.05, 3.63) is 65.5 Å². The molecule has 3 nitrogen and oxygen atoms in total. The summed E-state index contributed by atoms with van der Waals surface area (Å²) in [5.74, 6) is -0.460. The molecule has 2 aromatic rings. The minimum atomic E-state index is -3.68. The van der Waals surface area contributed by atoms with E-state index < -0.39 is 15.8 Å². The first-order valence-electron chi connectivity index (χ1n) is 6.47. The monoisotopic (exact) mass is 369 g/mol. The van der Waals surface area contributed by atoms with Crippen molar-refractivity contribution < 1.29 is 12.8 Å². The van der Waals surface area contributed by atoms with Crippen LogP contribution in [0.15, 0.2) is 53.4 Å². The van der Waals surface area contributed by atoms with Gasteiger partial charge in [-0.25, -0.2) is 17.5 Å². The quantitative estimate of drug-likeness (QED) is 0.844. The van der Waals surface area contributed by atoms with E-state index in [-0.39, 0.29) is 15.8 Å². The van der Waals surface area contributed by atoms with Crippen LogP contribution in [0, 0.1) is 5.82 Å². The van der Waals surface area contributed by atoms with Crippen LogP contribution in [0.25, 0.3) is 0 Å². The Morgan fingerprint density at radius 3 is 2.48 bits per heavy atom. The molecule has 0 aliphatic heterocycles. The lowest BCUT2D eigenvalue weighted by Gasteiger charge is -2.17. The molecule has 2 aromatic carbocycles. The summed E-state index contributed by atoms with van der Waals surface area (Å²) in [6, 6.07) is 12.2. The standard InChI is InChI=1S/C15H13BrFNO2S/c16-14-9-10-3-1-2-4-13(10)15(14)18-21(19,20)12-7-5-11(17)6-8-12/h1-8,14-15,18H,9H2. The van der Waals surface area contributed by atoms with E-state index >= 15 is 0 Å². The summed E-state index contributed by atoms with van der Waals surface area (Å²) in [5, 5.41) is 0. The van der Waals surface area contributed by atoms with Gasteiger partial charge in [0, 0.05) is 4.83 Å². The van der Waals surface area contributed by atoms with E-state index in [0.717, 1.165) is 29.7 Å². The second kappa shape index (κ2) is 5.51. The van der Waals surface area contributed by atoms with Gasteiger partial charge in [-0.3, -0.25) is 0 Å². The Bertz CT molecular complexity index is 761. The van der Waals surface area contributed by atoms with Crippen molar-refractivity contribution in [2.45, 2.75) is 22.2 Å². The fourth-order valence-corrected chi connectivity index (χ4v) is 4.73. The van der Waals surface area contributed by atoms with Gasteiger partial charge < -0.3 is 0 Å². The lowest BCUT2D eigenvalue weighted by molar-refractivity contribution is 0.559. The van der Waals surface area contributed by atoms with Gasteiger partial charge in [0.25, 0.3) is 0 Å². The smallest absolute Gasteiger partial charge is 0.207 e. The molecule has 0 bridgehead atoms. The van der Waals surface area contributed by atoms with Crippen LogP contribution in [-0.4, -0.2) is 13.2 Å². The molecule has 1 aliphatic carbocycles. The minimum Gasteiger partial charge on any atom is -0.207 e. The Morgan fingerprint density at radius 1 is 1.10 bits per heavy atom. The summed E-state index contributed by atoms with van der Waals surface area (Å²) in [7, 11) is -3.68. The molecule has 0 fully saturated rings. The molecule has 0 saturated carbocycles. The number of sulfonamides is 1. The van der Waals surface area contributed by atoms with Crippen LogP contribution in [-0.2, 0) is 16.4 Å². The van der Waals surface area contributed by atoms with Crippen LogP contribution < -0.4 is 4.72 Å². The SMILES string of the molecule is O=S(=O)(NC1c2ccccc2CC1Br)c1ccc(F)cc1. The average molecular weight is 370 g/mol. The molecule has 1 N–H and O–H groups in total. The molecule has 3 rings (SSSR count). The van der Waals surface area contributed by atoms with Gasteiger partial charge in [0.15, 0.2) is 0 Å². The number of halogens is 2. The summed E-state index contributed by atoms with van der Waals surface area (Å²) in [5.41, 5.74) is 2.11. The van der Waals surface area contributed by atoms with E-state index in [1.165, 1.54) is 12.1 Å². The van der Waals surface area contributed by atoms with Gasteiger partial charge in [-0.1, -0.05) is 40.2 Å². The van der Waals surface area contributed by atoms with Crippen molar-refractivity contribution in [2.24, 2.45) is 0 Å². The third-order valence-electron chi connectivity index (χ3n) is 3.57. The number of rotatable bonds is 3. The third-order valence-corrected chi connectivity index (χ3v) is 5.88. The number of nitrogens with one attached hydrogen (secondary N) is 1. The Balaban J connectivity index is 1.91. The van der Waals surface area contributed by atoms with Gasteiger partial charge in [0.2, 0.25) is 10.0 Å². The molecule has 0 radical (unpaired) electrons. The van der Waals surface area contributed by atoms with Crippen LogP contribution in [0.5, 0.6) is 0 Å². The molecule has 0 saturated heterocycles. The maximum absolute atomic E-state index is 12.9. The van der Waals surface area contributed by atoms with Crippen LogP contribution in [0.1, 0.15) is 17.2 Å². The molecule has 2 atom stereocenters. The van der Waals surface area contributed by atoms with Gasteiger partial charge in [0.1, 0.15) is 5.82 Å². The highest BCUT2D eigenvalue weighted by Crippen LogP contribution is 2.36. The highest BCUT2D eigenvalue weighted by molar-refractivity contribution is 9.09. The van der Waals surface area contributed by atoms with Crippen molar-refractivity contribution in [2.75, 3.05) is 0 Å². The number of benzene rings is 2. The molecule has 110 valence electrons. The summed E-state index contributed by atoms with van der Waals surface area (Å²) in [4.78, 5) is 0.0677. The molecule has 1 aliphatic rings. The van der Waals surface area contributed by atoms with Gasteiger partial charge >= 0.3 is 0 Å². The molecular formula is C15H13BrFNO2S. The number of hydrogen-bond donors (Lipinski definition) is 1. The van der Waals surface area contributed by atoms with E-state index in [0.29, 0.717) is 0 Å². The zero-order chi connectivity index (χ0) is 15.0. The molecule has 0 aromatic heterocycles. The molecular weight excluding hydrogens is 357 g/mol. The zero-order valence-electron chi connectivity index (χ0n) is 11.0. The van der Waals surface area contributed by atoms with E-state index in [1.54, 1.807) is 0 Å². The topological polar surface area (TPSA) is 46.2 Å². The highest BCUT2D eigenvalue weighted by Gasteiger charge is 2.33. The summed E-state index contributed by atoms with van der Waals surface area (Å²) in [6.45, 7) is 0. The fourth-order valence-electron chi connectivity index (χ4n) is 2.53. The lowest BCUT2D eigenvalue weighted by Crippen LogP contribution is -2.31. The number of fused-ring (bicyclic) bond motifs is 1. The maximum atomic E-state index is 12.9. The number of alkyl halides is 1. The molecule has 0 heterocycles. The normalized spacial score (nSPS) is 21.2. The predicted molar refractivity (Wildman–Crippen MR) is 82.3 cm³/mol. The third kappa shape index (κ3) is 2.88. The first-order valence-corrected chi connectivity index (χ1v) is 8.87. The summed E-state index contributed by atoms with van der Waals surface area (Å²) >= 11 is 3.54. The Kier molecular flexibility index (Phi) is 3.86. The van der Waals surface area contributed by atoms with E-state index in [9.17, 15) is 12.8 Å². The summed E-state index contributed by atoms with van der Waals surface area (Å²) in [6.07, 6.45) is 0.771. The second-order valence-corrected chi connectivity index (χ2v) is 7.86. The van der Waals surface area contributed by atoms with E-state index in [1.807, 2.05) is 24.3 Å². The van der Waals surface area contributed by atoms with Crippen molar-refractivity contribution >= 4 is 26.0 Å². The molecule has 0 amide bonds. The van der Waals surface area contributed by atoms with Crippen LogP contribution in [0.3, 0.4) is 0 Å². The van der Waals surface area contributed by atoms with Crippen molar-refractivity contribution in [1.82, 2.24) is 4.72 Å². The Morgan fingerprint density at radius 2 is 1.76 bits per heavy atom. The first-order chi connectivity index (χ1) is 9.97. The Labute approximate surface area is 131 Å². The largest absolute Gasteiger partial charge is 0.241 e. The molecule has 21 heavy (non-hydrogen) atoms. The lowest BCUT2D eigenvalue weighted by atomic mass is 10.1. The van der Waals surface area contributed by atoms with E-state index in [2.05, 4.69) is 20.7 Å². The van der Waals surface area contributed by atoms with Crippen molar-refractivity contribution in [3.8, 4) is 0 Å². The van der Waals surface area contributed by atoms with Gasteiger partial charge in [-0.05, 0) is 41.8 Å². The zero-order valence-corrected chi connectivity index (χ0v) is 13.4. The van der Waals surface area contributed by atoms with Crippen LogP contribution in [0.2, 0.25) is 0 Å². The minimum absolute atomic E-state index is 0.00474. The van der Waals surface area contributed by atoms with Crippen LogP contribution >= 0.6 is 15.9 Å². The van der Waals surface area contributed by atoms with Crippen LogP contribution in [0.4, 0.5) is 4.39 Å². The van der Waals surface area contributed by atoms with E-state index in [4.69, 9.17) is 0 Å². The van der Waals surface area contributed by atoms with Crippen molar-refractivity contribution in [1.29, 1.82) is 0 Å². The highest BCUT2D eigenvalue weighted by atomic mass is 79.9. The first kappa shape index (κ1) is 14.7. The van der Waals surface area contributed by atoms with Gasteiger partial charge in [0.05, 0.1) is 10.9 Å². The van der Waals surface area contributed by atoms with Gasteiger partial charge in [-0.15, -0.1) is 0 Å². The Hall–Kier alpha value is -1.24. The molecule has 0 spiro atoms. The number of hydrogen-bond acceptors (Lipinski definition) is 2. The fraction of sp³-hybridized carbons (Fsp3) is 0.200. The molecule has 6 heteroatoms. The average Bonchev–Trinajstić information content (AvgIpc) is 2.75.